The van der Waals surface area contributed by atoms with E-state index < -0.39 is 7.14 Å². The molecule has 152 valence electrons. The molecule has 0 aliphatic heterocycles. The van der Waals surface area contributed by atoms with Gasteiger partial charge in [0, 0.05) is 10.3 Å². The Labute approximate surface area is 187 Å². The second-order valence-corrected chi connectivity index (χ2v) is 12.0. The lowest BCUT2D eigenvalue weighted by atomic mass is 9.92. The molecule has 0 fully saturated rings. The largest absolute Gasteiger partial charge is 0.319 e. The maximum absolute atomic E-state index is 12.6. The predicted octanol–water partition coefficient (Wildman–Crippen LogP) is 8.23. The molecule has 0 radical (unpaired) electrons. The lowest BCUT2D eigenvalue weighted by Gasteiger charge is -2.14. The van der Waals surface area contributed by atoms with Crippen molar-refractivity contribution in [3.8, 4) is 22.3 Å². The van der Waals surface area contributed by atoms with Crippen molar-refractivity contribution in [2.75, 3.05) is 13.3 Å². The Kier molecular flexibility index (Phi) is 4.97. The fraction of sp³-hybridized carbons (Fsp3) is 0.0714. The van der Waals surface area contributed by atoms with Crippen LogP contribution < -0.4 is 5.30 Å². The second kappa shape index (κ2) is 7.68. The highest BCUT2D eigenvalue weighted by atomic mass is 35.5. The Morgan fingerprint density at radius 1 is 0.613 bits per heavy atom. The van der Waals surface area contributed by atoms with E-state index in [1.807, 2.05) is 36.4 Å². The summed E-state index contributed by atoms with van der Waals surface area (Å²) in [7, 11) is -2.34. The summed E-state index contributed by atoms with van der Waals surface area (Å²) < 4.78 is 12.6. The molecule has 0 aliphatic carbocycles. The first-order valence-electron chi connectivity index (χ1n) is 10.3. The normalized spacial score (nSPS) is 11.8. The van der Waals surface area contributed by atoms with Crippen molar-refractivity contribution >= 4 is 45.6 Å². The molecule has 0 atom stereocenters. The van der Waals surface area contributed by atoms with Crippen LogP contribution in [0, 0.1) is 0 Å². The summed E-state index contributed by atoms with van der Waals surface area (Å²) in [5.41, 5.74) is 4.28. The van der Waals surface area contributed by atoms with Crippen molar-refractivity contribution in [2.24, 2.45) is 0 Å². The molecule has 5 rings (SSSR count). The summed E-state index contributed by atoms with van der Waals surface area (Å²) in [6.45, 7) is 3.60. The number of hydrogen-bond donors (Lipinski definition) is 0. The maximum Gasteiger partial charge on any atom is 0.109 e. The monoisotopic (exact) mass is 440 g/mol. The number of halogens is 1. The molecular weight excluding hydrogens is 419 g/mol. The van der Waals surface area contributed by atoms with E-state index >= 15 is 0 Å². The van der Waals surface area contributed by atoms with Gasteiger partial charge in [0.25, 0.3) is 0 Å². The van der Waals surface area contributed by atoms with Gasteiger partial charge in [-0.2, -0.15) is 0 Å². The van der Waals surface area contributed by atoms with Gasteiger partial charge in [-0.25, -0.2) is 0 Å². The molecule has 5 aromatic carbocycles. The van der Waals surface area contributed by atoms with Gasteiger partial charge in [0.15, 0.2) is 0 Å². The van der Waals surface area contributed by atoms with Gasteiger partial charge in [0.05, 0.1) is 0 Å². The van der Waals surface area contributed by atoms with Crippen LogP contribution in [0.15, 0.2) is 97.1 Å². The maximum atomic E-state index is 12.6. The van der Waals surface area contributed by atoms with Crippen molar-refractivity contribution in [1.82, 2.24) is 0 Å². The van der Waals surface area contributed by atoms with Crippen LogP contribution in [0.2, 0.25) is 5.02 Å². The topological polar surface area (TPSA) is 17.1 Å². The first kappa shape index (κ1) is 20.1. The van der Waals surface area contributed by atoms with E-state index in [0.717, 1.165) is 27.6 Å². The van der Waals surface area contributed by atoms with E-state index in [9.17, 15) is 4.57 Å². The van der Waals surface area contributed by atoms with Crippen LogP contribution in [0.1, 0.15) is 0 Å². The smallest absolute Gasteiger partial charge is 0.109 e. The molecule has 0 saturated carbocycles. The fourth-order valence-corrected chi connectivity index (χ4v) is 5.36. The first-order valence-corrected chi connectivity index (χ1v) is 13.3. The van der Waals surface area contributed by atoms with Crippen LogP contribution in [0.4, 0.5) is 0 Å². The summed E-state index contributed by atoms with van der Waals surface area (Å²) in [4.78, 5) is 0. The summed E-state index contributed by atoms with van der Waals surface area (Å²) >= 11 is 6.59. The van der Waals surface area contributed by atoms with E-state index in [4.69, 9.17) is 11.6 Å². The lowest BCUT2D eigenvalue weighted by Crippen LogP contribution is -2.02. The predicted molar refractivity (Wildman–Crippen MR) is 136 cm³/mol. The Bertz CT molecular complexity index is 1500. The van der Waals surface area contributed by atoms with E-state index in [1.165, 1.54) is 21.5 Å². The van der Waals surface area contributed by atoms with Crippen molar-refractivity contribution < 1.29 is 4.57 Å². The molecule has 0 N–H and O–H groups in total. The van der Waals surface area contributed by atoms with Crippen LogP contribution in [0.5, 0.6) is 0 Å². The van der Waals surface area contributed by atoms with Gasteiger partial charge in [-0.05, 0) is 87.5 Å². The SMILES string of the molecule is CP(C)(=O)c1cccc(-c2cc(Cl)cc(-c3cc4ccccc4c4ccccc34)c2)c1. The molecule has 0 amide bonds. The van der Waals surface area contributed by atoms with Crippen molar-refractivity contribution in [2.45, 2.75) is 0 Å². The minimum absolute atomic E-state index is 0.686. The van der Waals surface area contributed by atoms with Gasteiger partial charge in [-0.1, -0.05) is 78.3 Å². The summed E-state index contributed by atoms with van der Waals surface area (Å²) in [6, 6.07) is 33.4. The number of benzene rings is 5. The van der Waals surface area contributed by atoms with Gasteiger partial charge in [0.1, 0.15) is 7.14 Å². The quantitative estimate of drug-likeness (QED) is 0.204. The molecule has 5 aromatic rings. The van der Waals surface area contributed by atoms with Crippen LogP contribution in [-0.4, -0.2) is 13.3 Å². The average Bonchev–Trinajstić information content (AvgIpc) is 2.77. The first-order chi connectivity index (χ1) is 14.9. The minimum Gasteiger partial charge on any atom is -0.319 e. The minimum atomic E-state index is -2.34. The highest BCUT2D eigenvalue weighted by Crippen LogP contribution is 2.39. The van der Waals surface area contributed by atoms with Crippen LogP contribution >= 0.6 is 18.7 Å². The zero-order valence-electron chi connectivity index (χ0n) is 17.5. The van der Waals surface area contributed by atoms with Crippen LogP contribution in [0.3, 0.4) is 0 Å². The van der Waals surface area contributed by atoms with Crippen LogP contribution in [-0.2, 0) is 4.57 Å². The van der Waals surface area contributed by atoms with Gasteiger partial charge >= 0.3 is 0 Å². The highest BCUT2D eigenvalue weighted by Gasteiger charge is 2.14. The van der Waals surface area contributed by atoms with Crippen molar-refractivity contribution in [3.63, 3.8) is 0 Å². The molecule has 31 heavy (non-hydrogen) atoms. The molecule has 0 aliphatic rings. The Hall–Kier alpha value is -2.86. The molecule has 1 nitrogen and oxygen atoms in total. The standard InChI is InChI=1S/C28H22ClOP/c1-31(2,30)24-10-7-9-19(17-24)21-14-22(16-23(29)15-21)28-18-20-8-3-4-11-25(20)26-12-5-6-13-27(26)28/h3-18H,1-2H3. The van der Waals surface area contributed by atoms with E-state index in [2.05, 4.69) is 60.7 Å². The Morgan fingerprint density at radius 3 is 2.06 bits per heavy atom. The molecule has 0 aromatic heterocycles. The molecule has 0 saturated heterocycles. The molecular formula is C28H22ClOP. The fourth-order valence-electron chi connectivity index (χ4n) is 4.23. The second-order valence-electron chi connectivity index (χ2n) is 8.32. The Balaban J connectivity index is 1.75. The van der Waals surface area contributed by atoms with E-state index in [-0.39, 0.29) is 0 Å². The molecule has 0 spiro atoms. The Morgan fingerprint density at radius 2 is 1.29 bits per heavy atom. The van der Waals surface area contributed by atoms with Gasteiger partial charge in [0.2, 0.25) is 0 Å². The summed E-state index contributed by atoms with van der Waals surface area (Å²) in [6.07, 6.45) is 0. The third-order valence-corrected chi connectivity index (χ3v) is 7.52. The zero-order chi connectivity index (χ0) is 21.6. The molecule has 0 unspecified atom stereocenters. The van der Waals surface area contributed by atoms with Crippen LogP contribution in [0.25, 0.3) is 43.8 Å². The third-order valence-electron chi connectivity index (χ3n) is 5.78. The molecule has 0 bridgehead atoms. The van der Waals surface area contributed by atoms with Gasteiger partial charge in [-0.3, -0.25) is 0 Å². The van der Waals surface area contributed by atoms with E-state index in [1.54, 1.807) is 13.3 Å². The number of hydrogen-bond acceptors (Lipinski definition) is 1. The van der Waals surface area contributed by atoms with Crippen molar-refractivity contribution in [1.29, 1.82) is 0 Å². The average molecular weight is 441 g/mol. The summed E-state index contributed by atoms with van der Waals surface area (Å²) in [5.74, 6) is 0. The summed E-state index contributed by atoms with van der Waals surface area (Å²) in [5, 5.41) is 6.46. The van der Waals surface area contributed by atoms with Gasteiger partial charge < -0.3 is 4.57 Å². The van der Waals surface area contributed by atoms with E-state index in [0.29, 0.717) is 5.02 Å². The molecule has 0 heterocycles. The zero-order valence-corrected chi connectivity index (χ0v) is 19.1. The van der Waals surface area contributed by atoms with Gasteiger partial charge in [-0.15, -0.1) is 0 Å². The third kappa shape index (κ3) is 3.81. The molecule has 3 heteroatoms. The lowest BCUT2D eigenvalue weighted by molar-refractivity contribution is 0.588. The number of fused-ring (bicyclic) bond motifs is 3. The van der Waals surface area contributed by atoms with Crippen molar-refractivity contribution in [3.05, 3.63) is 102 Å². The highest BCUT2D eigenvalue weighted by molar-refractivity contribution is 7.70. The number of rotatable bonds is 3.